The summed E-state index contributed by atoms with van der Waals surface area (Å²) < 4.78 is 1.40. The molecule has 2 heterocycles. The monoisotopic (exact) mass is 385 g/mol. The Balaban J connectivity index is 2.07. The van der Waals surface area contributed by atoms with Crippen LogP contribution in [0.5, 0.6) is 0 Å². The summed E-state index contributed by atoms with van der Waals surface area (Å²) in [6.45, 7) is 5.17. The second-order valence-corrected chi connectivity index (χ2v) is 7.45. The molecule has 3 aromatic rings. The van der Waals surface area contributed by atoms with Crippen LogP contribution < -0.4 is 5.56 Å². The lowest BCUT2D eigenvalue weighted by molar-refractivity contribution is -0.141. The molecule has 0 aliphatic heterocycles. The van der Waals surface area contributed by atoms with Gasteiger partial charge in [-0.3, -0.25) is 14.0 Å². The van der Waals surface area contributed by atoms with E-state index in [1.54, 1.807) is 19.1 Å². The van der Waals surface area contributed by atoms with Crippen molar-refractivity contribution in [3.8, 4) is 0 Å². The molecule has 0 saturated carbocycles. The molecule has 3 rings (SSSR count). The molecule has 140 valence electrons. The van der Waals surface area contributed by atoms with E-state index in [0.717, 1.165) is 16.1 Å². The molecule has 0 aliphatic rings. The Morgan fingerprint density at radius 3 is 2.56 bits per heavy atom. The van der Waals surface area contributed by atoms with Crippen LogP contribution in [0.4, 0.5) is 0 Å². The van der Waals surface area contributed by atoms with Crippen LogP contribution in [-0.4, -0.2) is 37.3 Å². The van der Waals surface area contributed by atoms with Crippen molar-refractivity contribution >= 4 is 28.2 Å². The van der Waals surface area contributed by atoms with Crippen LogP contribution in [-0.2, 0) is 11.3 Å². The van der Waals surface area contributed by atoms with Gasteiger partial charge in [-0.05, 0) is 26.3 Å². The van der Waals surface area contributed by atoms with Crippen LogP contribution in [0.1, 0.15) is 33.4 Å². The number of aromatic nitrogens is 2. The number of hydrogen-bond donors (Lipinski definition) is 1. The third-order valence-corrected chi connectivity index (χ3v) is 5.60. The number of aliphatic carboxylic acids is 1. The molecule has 0 bridgehead atoms. The molecule has 7 nitrogen and oxygen atoms in total. The van der Waals surface area contributed by atoms with Crippen molar-refractivity contribution in [1.82, 2.24) is 14.3 Å². The molecule has 0 radical (unpaired) electrons. The minimum atomic E-state index is -1.14. The highest BCUT2D eigenvalue weighted by Gasteiger charge is 2.29. The summed E-state index contributed by atoms with van der Waals surface area (Å²) in [5, 5.41) is 9.42. The fraction of sp³-hybridized carbons (Fsp3) is 0.263. The van der Waals surface area contributed by atoms with Gasteiger partial charge in [0.25, 0.3) is 11.5 Å². The topological polar surface area (TPSA) is 92.0 Å². The third-order valence-electron chi connectivity index (χ3n) is 4.53. The molecule has 1 unspecified atom stereocenters. The number of fused-ring (bicyclic) bond motifs is 1. The summed E-state index contributed by atoms with van der Waals surface area (Å²) in [5.74, 6) is -1.79. The van der Waals surface area contributed by atoms with Gasteiger partial charge in [0.2, 0.25) is 0 Å². The predicted octanol–water partition coefficient (Wildman–Crippen LogP) is 2.49. The summed E-state index contributed by atoms with van der Waals surface area (Å²) in [4.78, 5) is 44.4. The van der Waals surface area contributed by atoms with Gasteiger partial charge in [0.15, 0.2) is 4.96 Å². The van der Waals surface area contributed by atoms with Gasteiger partial charge in [-0.1, -0.05) is 30.3 Å². The molecule has 1 atom stereocenters. The normalized spacial score (nSPS) is 12.1. The maximum Gasteiger partial charge on any atom is 0.326 e. The maximum absolute atomic E-state index is 13.1. The Morgan fingerprint density at radius 2 is 1.93 bits per heavy atom. The first-order chi connectivity index (χ1) is 12.8. The first kappa shape index (κ1) is 18.8. The highest BCUT2D eigenvalue weighted by atomic mass is 32.1. The summed E-state index contributed by atoms with van der Waals surface area (Å²) >= 11 is 1.37. The SMILES string of the molecule is Cc1sc2ncc(C(=O)N(Cc3ccccc3)C(C)C(=O)O)c(=O)n2c1C. The number of hydrogen-bond acceptors (Lipinski definition) is 5. The molecule has 0 saturated heterocycles. The van der Waals surface area contributed by atoms with Gasteiger partial charge < -0.3 is 10.0 Å². The van der Waals surface area contributed by atoms with E-state index < -0.39 is 23.5 Å². The van der Waals surface area contributed by atoms with E-state index >= 15 is 0 Å². The number of rotatable bonds is 5. The summed E-state index contributed by atoms with van der Waals surface area (Å²) in [6, 6.07) is 7.96. The van der Waals surface area contributed by atoms with Crippen LogP contribution in [0.2, 0.25) is 0 Å². The number of nitrogens with zero attached hydrogens (tertiary/aromatic N) is 3. The molecule has 1 N–H and O–H groups in total. The van der Waals surface area contributed by atoms with Crippen LogP contribution >= 0.6 is 11.3 Å². The lowest BCUT2D eigenvalue weighted by atomic mass is 10.1. The van der Waals surface area contributed by atoms with Gasteiger partial charge in [0.1, 0.15) is 11.6 Å². The number of carboxylic acids is 1. The van der Waals surface area contributed by atoms with Crippen molar-refractivity contribution in [2.45, 2.75) is 33.4 Å². The van der Waals surface area contributed by atoms with Gasteiger partial charge in [0, 0.05) is 23.3 Å². The predicted molar refractivity (Wildman–Crippen MR) is 102 cm³/mol. The van der Waals surface area contributed by atoms with Crippen molar-refractivity contribution in [3.05, 3.63) is 68.6 Å². The average Bonchev–Trinajstić information content (AvgIpc) is 2.94. The standard InChI is InChI=1S/C19H19N3O4S/c1-11-13(3)27-19-20-9-15(17(24)22(11)19)16(23)21(12(2)18(25)26)10-14-7-5-4-6-8-14/h4-9,12H,10H2,1-3H3,(H,25,26). The lowest BCUT2D eigenvalue weighted by Gasteiger charge is -2.26. The fourth-order valence-corrected chi connectivity index (χ4v) is 3.70. The van der Waals surface area contributed by atoms with Gasteiger partial charge in [-0.15, -0.1) is 11.3 Å². The molecule has 0 spiro atoms. The zero-order chi connectivity index (χ0) is 19.7. The smallest absolute Gasteiger partial charge is 0.326 e. The van der Waals surface area contributed by atoms with E-state index in [1.807, 2.05) is 25.1 Å². The summed E-state index contributed by atoms with van der Waals surface area (Å²) in [6.07, 6.45) is 1.24. The number of amides is 1. The molecule has 8 heteroatoms. The summed E-state index contributed by atoms with van der Waals surface area (Å²) in [7, 11) is 0. The van der Waals surface area contributed by atoms with Crippen LogP contribution in [0.3, 0.4) is 0 Å². The Hall–Kier alpha value is -3.00. The van der Waals surface area contributed by atoms with Crippen molar-refractivity contribution in [2.75, 3.05) is 0 Å². The molecule has 27 heavy (non-hydrogen) atoms. The zero-order valence-electron chi connectivity index (χ0n) is 15.2. The number of benzene rings is 1. The first-order valence-corrected chi connectivity index (χ1v) is 9.18. The quantitative estimate of drug-likeness (QED) is 0.728. The van der Waals surface area contributed by atoms with Gasteiger partial charge in [-0.25, -0.2) is 9.78 Å². The van der Waals surface area contributed by atoms with E-state index in [2.05, 4.69) is 4.98 Å². The van der Waals surface area contributed by atoms with E-state index in [9.17, 15) is 19.5 Å². The molecular weight excluding hydrogens is 366 g/mol. The number of aryl methyl sites for hydroxylation is 2. The molecule has 0 fully saturated rings. The van der Waals surface area contributed by atoms with Crippen molar-refractivity contribution in [2.24, 2.45) is 0 Å². The first-order valence-electron chi connectivity index (χ1n) is 8.36. The minimum Gasteiger partial charge on any atom is -0.480 e. The van der Waals surface area contributed by atoms with E-state index in [1.165, 1.54) is 33.8 Å². The van der Waals surface area contributed by atoms with Gasteiger partial charge in [0.05, 0.1) is 0 Å². The Morgan fingerprint density at radius 1 is 1.26 bits per heavy atom. The van der Waals surface area contributed by atoms with Gasteiger partial charge >= 0.3 is 5.97 Å². The Kier molecular flexibility index (Phi) is 5.09. The Bertz CT molecular complexity index is 1070. The van der Waals surface area contributed by atoms with Crippen LogP contribution in [0.15, 0.2) is 41.3 Å². The highest BCUT2D eigenvalue weighted by Crippen LogP contribution is 2.19. The van der Waals surface area contributed by atoms with E-state index in [0.29, 0.717) is 4.96 Å². The zero-order valence-corrected chi connectivity index (χ0v) is 16.0. The second kappa shape index (κ2) is 7.32. The number of thiazole rings is 1. The minimum absolute atomic E-state index is 0.0803. The second-order valence-electron chi connectivity index (χ2n) is 6.27. The van der Waals surface area contributed by atoms with Gasteiger partial charge in [-0.2, -0.15) is 0 Å². The largest absolute Gasteiger partial charge is 0.480 e. The third kappa shape index (κ3) is 3.48. The van der Waals surface area contributed by atoms with Crippen LogP contribution in [0.25, 0.3) is 4.96 Å². The van der Waals surface area contributed by atoms with Crippen molar-refractivity contribution in [3.63, 3.8) is 0 Å². The highest BCUT2D eigenvalue weighted by molar-refractivity contribution is 7.17. The van der Waals surface area contributed by atoms with Crippen LogP contribution in [0, 0.1) is 13.8 Å². The number of carbonyl (C=O) groups is 2. The lowest BCUT2D eigenvalue weighted by Crippen LogP contribution is -2.44. The number of carboxylic acid groups (broad SMARTS) is 1. The van der Waals surface area contributed by atoms with E-state index in [-0.39, 0.29) is 12.1 Å². The molecule has 0 aliphatic carbocycles. The average molecular weight is 385 g/mol. The van der Waals surface area contributed by atoms with Crippen molar-refractivity contribution < 1.29 is 14.7 Å². The number of carbonyl (C=O) groups excluding carboxylic acids is 1. The fourth-order valence-electron chi connectivity index (χ4n) is 2.78. The maximum atomic E-state index is 13.1. The van der Waals surface area contributed by atoms with E-state index in [4.69, 9.17) is 0 Å². The molecule has 1 amide bonds. The molecular formula is C19H19N3O4S. The molecule has 2 aromatic heterocycles. The molecule has 1 aromatic carbocycles. The summed E-state index contributed by atoms with van der Waals surface area (Å²) in [5.41, 5.74) is 0.874. The van der Waals surface area contributed by atoms with Crippen molar-refractivity contribution in [1.29, 1.82) is 0 Å². The Labute approximate surface area is 159 Å².